The number of hydrogen-bond acceptors (Lipinski definition) is 7. The van der Waals surface area contributed by atoms with Crippen molar-refractivity contribution in [1.82, 2.24) is 10.5 Å². The lowest BCUT2D eigenvalue weighted by Gasteiger charge is -2.20. The minimum Gasteiger partial charge on any atom is -0.437 e. The third-order valence-corrected chi connectivity index (χ3v) is 5.93. The molecular formula is C28H31F3N2O5. The fourth-order valence-corrected chi connectivity index (χ4v) is 3.81. The fraction of sp³-hybridized carbons (Fsp3) is 0.357. The molecule has 3 aromatic rings. The molecule has 1 atom stereocenters. The van der Waals surface area contributed by atoms with Crippen molar-refractivity contribution >= 4 is 6.16 Å². The lowest BCUT2D eigenvalue weighted by atomic mass is 9.93. The zero-order valence-electron chi connectivity index (χ0n) is 22.1. The Bertz CT molecular complexity index is 1240. The van der Waals surface area contributed by atoms with Gasteiger partial charge in [-0.15, -0.1) is 18.7 Å². The van der Waals surface area contributed by atoms with Crippen LogP contribution >= 0.6 is 0 Å². The summed E-state index contributed by atoms with van der Waals surface area (Å²) in [6, 6.07) is 12.7. The maximum absolute atomic E-state index is 12.3. The number of pyridine rings is 1. The molecule has 1 aromatic heterocycles. The van der Waals surface area contributed by atoms with Gasteiger partial charge in [0.05, 0.1) is 18.8 Å². The normalized spacial score (nSPS) is 12.3. The molecule has 0 saturated carbocycles. The third-order valence-electron chi connectivity index (χ3n) is 5.93. The van der Waals surface area contributed by atoms with E-state index in [1.807, 2.05) is 58.9 Å². The number of rotatable bonds is 9. The summed E-state index contributed by atoms with van der Waals surface area (Å²) in [5, 5.41) is 0. The van der Waals surface area contributed by atoms with Gasteiger partial charge in [0, 0.05) is 23.2 Å². The number of ether oxygens (including phenoxy) is 3. The molecule has 0 amide bonds. The number of benzene rings is 2. The zero-order valence-corrected chi connectivity index (χ0v) is 22.1. The Balaban J connectivity index is 1.72. The highest BCUT2D eigenvalue weighted by Gasteiger charge is 2.31. The molecule has 0 fully saturated rings. The summed E-state index contributed by atoms with van der Waals surface area (Å²) in [7, 11) is 1.27. The van der Waals surface area contributed by atoms with Crippen molar-refractivity contribution in [3.05, 3.63) is 82.2 Å². The Hall–Kier alpha value is -3.79. The van der Waals surface area contributed by atoms with Gasteiger partial charge in [0.1, 0.15) is 17.2 Å². The second-order valence-electron chi connectivity index (χ2n) is 9.11. The number of aryl methyl sites for hydroxylation is 1. The number of nitrogens with one attached hydrogen (secondary N) is 1. The number of hydroxylamine groups is 1. The molecule has 0 radical (unpaired) electrons. The number of hydrogen-bond donors (Lipinski definition) is 1. The maximum atomic E-state index is 12.3. The monoisotopic (exact) mass is 532 g/mol. The van der Waals surface area contributed by atoms with Crippen molar-refractivity contribution in [2.24, 2.45) is 0 Å². The first-order chi connectivity index (χ1) is 17.9. The molecule has 1 unspecified atom stereocenters. The van der Waals surface area contributed by atoms with Gasteiger partial charge < -0.3 is 19.0 Å². The largest absolute Gasteiger partial charge is 0.573 e. The summed E-state index contributed by atoms with van der Waals surface area (Å²) in [5.41, 5.74) is 8.05. The molecule has 0 aliphatic carbocycles. The molecule has 0 spiro atoms. The first-order valence-corrected chi connectivity index (χ1v) is 12.0. The number of alkyl halides is 3. The van der Waals surface area contributed by atoms with Crippen LogP contribution < -0.4 is 19.8 Å². The van der Waals surface area contributed by atoms with E-state index in [4.69, 9.17) is 19.3 Å². The second-order valence-corrected chi connectivity index (χ2v) is 9.11. The smallest absolute Gasteiger partial charge is 0.437 e. The van der Waals surface area contributed by atoms with Crippen LogP contribution in [0.25, 0.3) is 0 Å². The lowest BCUT2D eigenvalue weighted by Crippen LogP contribution is -2.22. The summed E-state index contributed by atoms with van der Waals surface area (Å²) in [6.45, 7) is 9.71. The Kier molecular flexibility index (Phi) is 9.22. The number of carbonyl (C=O) groups excluding carboxylic acids is 1. The molecule has 3 rings (SSSR count). The third kappa shape index (κ3) is 7.61. The van der Waals surface area contributed by atoms with E-state index in [1.165, 1.54) is 31.4 Å². The maximum Gasteiger partial charge on any atom is 0.573 e. The molecule has 38 heavy (non-hydrogen) atoms. The van der Waals surface area contributed by atoms with Gasteiger partial charge >= 0.3 is 12.5 Å². The quantitative estimate of drug-likeness (QED) is 0.233. The highest BCUT2D eigenvalue weighted by atomic mass is 19.4. The van der Waals surface area contributed by atoms with Gasteiger partial charge in [0.2, 0.25) is 0 Å². The fourth-order valence-electron chi connectivity index (χ4n) is 3.81. The van der Waals surface area contributed by atoms with Crippen LogP contribution in [0.5, 0.6) is 17.2 Å². The van der Waals surface area contributed by atoms with E-state index < -0.39 is 12.5 Å². The van der Waals surface area contributed by atoms with E-state index in [0.29, 0.717) is 17.9 Å². The molecule has 1 N–H and O–H groups in total. The molecular weight excluding hydrogens is 501 g/mol. The Labute approximate surface area is 219 Å². The highest BCUT2D eigenvalue weighted by molar-refractivity contribution is 5.66. The standard InChI is InChI=1S/C28H31F3N2O5/c1-16(2)25-24(26(36-27(34)35-6)17(3)18(4)32-25)15-20-7-9-21(10-8-20)19(5)33-38-23-13-11-22(12-14-23)37-28(29,30)31/h7-14,16,19,33H,15H2,1-6H3. The number of carbonyl (C=O) groups is 1. The minimum absolute atomic E-state index is 0.110. The highest BCUT2D eigenvalue weighted by Crippen LogP contribution is 2.34. The lowest BCUT2D eigenvalue weighted by molar-refractivity contribution is -0.274. The van der Waals surface area contributed by atoms with Gasteiger partial charge in [-0.25, -0.2) is 4.79 Å². The minimum atomic E-state index is -4.75. The molecule has 1 heterocycles. The predicted octanol–water partition coefficient (Wildman–Crippen LogP) is 7.10. The topological polar surface area (TPSA) is 78.9 Å². The molecule has 0 saturated heterocycles. The molecule has 204 valence electrons. The Morgan fingerprint density at radius 3 is 2.13 bits per heavy atom. The molecule has 10 heteroatoms. The van der Waals surface area contributed by atoms with Crippen LogP contribution in [-0.2, 0) is 11.2 Å². The van der Waals surface area contributed by atoms with E-state index in [2.05, 4.69) is 10.2 Å². The number of halogens is 3. The van der Waals surface area contributed by atoms with Gasteiger partial charge in [-0.3, -0.25) is 4.98 Å². The SMILES string of the molecule is COC(=O)Oc1c(C)c(C)nc(C(C)C)c1Cc1ccc(C(C)NOc2ccc(OC(F)(F)F)cc2)cc1. The summed E-state index contributed by atoms with van der Waals surface area (Å²) in [4.78, 5) is 22.2. The van der Waals surface area contributed by atoms with Gasteiger partial charge in [-0.1, -0.05) is 38.1 Å². The van der Waals surface area contributed by atoms with Crippen molar-refractivity contribution in [2.45, 2.75) is 59.4 Å². The molecule has 0 aliphatic heterocycles. The zero-order chi connectivity index (χ0) is 28.0. The predicted molar refractivity (Wildman–Crippen MR) is 135 cm³/mol. The number of nitrogens with zero attached hydrogens (tertiary/aromatic N) is 1. The summed E-state index contributed by atoms with van der Waals surface area (Å²) >= 11 is 0. The van der Waals surface area contributed by atoms with Crippen LogP contribution in [-0.4, -0.2) is 24.6 Å². The summed E-state index contributed by atoms with van der Waals surface area (Å²) < 4.78 is 51.1. The van der Waals surface area contributed by atoms with E-state index in [9.17, 15) is 18.0 Å². The number of aromatic nitrogens is 1. The molecule has 7 nitrogen and oxygen atoms in total. The van der Waals surface area contributed by atoms with Crippen molar-refractivity contribution in [2.75, 3.05) is 7.11 Å². The summed E-state index contributed by atoms with van der Waals surface area (Å²) in [5.74, 6) is 0.587. The van der Waals surface area contributed by atoms with Gasteiger partial charge in [-0.05, 0) is 62.1 Å². The average Bonchev–Trinajstić information content (AvgIpc) is 2.86. The second kappa shape index (κ2) is 12.2. The van der Waals surface area contributed by atoms with Gasteiger partial charge in [0.25, 0.3) is 0 Å². The Morgan fingerprint density at radius 2 is 1.58 bits per heavy atom. The molecule has 2 aromatic carbocycles. The molecule has 0 aliphatic rings. The Morgan fingerprint density at radius 1 is 0.974 bits per heavy atom. The number of methoxy groups -OCH3 is 1. The van der Waals surface area contributed by atoms with E-state index >= 15 is 0 Å². The van der Waals surface area contributed by atoms with Crippen LogP contribution in [0.1, 0.15) is 66.4 Å². The van der Waals surface area contributed by atoms with Crippen molar-refractivity contribution in [3.8, 4) is 17.2 Å². The summed E-state index contributed by atoms with van der Waals surface area (Å²) in [6.07, 6.45) is -5.03. The van der Waals surface area contributed by atoms with Crippen molar-refractivity contribution in [1.29, 1.82) is 0 Å². The van der Waals surface area contributed by atoms with Crippen LogP contribution in [0.15, 0.2) is 48.5 Å². The van der Waals surface area contributed by atoms with E-state index in [0.717, 1.165) is 33.6 Å². The van der Waals surface area contributed by atoms with Gasteiger partial charge in [-0.2, -0.15) is 0 Å². The van der Waals surface area contributed by atoms with Crippen molar-refractivity contribution in [3.63, 3.8) is 0 Å². The van der Waals surface area contributed by atoms with Crippen LogP contribution in [0.4, 0.5) is 18.0 Å². The average molecular weight is 533 g/mol. The van der Waals surface area contributed by atoms with Crippen LogP contribution in [0.3, 0.4) is 0 Å². The first-order valence-electron chi connectivity index (χ1n) is 12.0. The van der Waals surface area contributed by atoms with Crippen LogP contribution in [0.2, 0.25) is 0 Å². The van der Waals surface area contributed by atoms with Crippen molar-refractivity contribution < 1.29 is 37.0 Å². The van der Waals surface area contributed by atoms with Gasteiger partial charge in [0.15, 0.2) is 0 Å². The first kappa shape index (κ1) is 28.8. The van der Waals surface area contributed by atoms with Crippen LogP contribution in [0, 0.1) is 13.8 Å². The molecule has 0 bridgehead atoms. The van der Waals surface area contributed by atoms with E-state index in [-0.39, 0.29) is 17.7 Å². The van der Waals surface area contributed by atoms with E-state index in [1.54, 1.807) is 0 Å².